The average Bonchev–Trinajstić information content (AvgIpc) is 2.53. The Morgan fingerprint density at radius 1 is 1.12 bits per heavy atom. The van der Waals surface area contributed by atoms with Gasteiger partial charge in [0.05, 0.1) is 6.54 Å². The molecule has 0 saturated heterocycles. The molecular weight excluding hydrogens is 312 g/mol. The van der Waals surface area contributed by atoms with Crippen molar-refractivity contribution in [3.63, 3.8) is 0 Å². The standard InChI is InChI=1S/C20H34N4O/c1-6-17(5)24-19(25)9-11-23-20(21-7-2)22-10-8-18-13-15(3)12-16(4)14-18/h12-14,17H,6-11H2,1-5H3,(H,24,25)(H2,21,22,23). The summed E-state index contributed by atoms with van der Waals surface area (Å²) in [5.41, 5.74) is 3.92. The van der Waals surface area contributed by atoms with Crippen molar-refractivity contribution in [2.75, 3.05) is 19.6 Å². The number of benzene rings is 1. The van der Waals surface area contributed by atoms with Crippen molar-refractivity contribution < 1.29 is 4.79 Å². The Kier molecular flexibility index (Phi) is 9.66. The normalized spacial score (nSPS) is 12.6. The number of amides is 1. The quantitative estimate of drug-likeness (QED) is 0.476. The van der Waals surface area contributed by atoms with Crippen LogP contribution in [0.3, 0.4) is 0 Å². The van der Waals surface area contributed by atoms with E-state index in [2.05, 4.69) is 59.9 Å². The molecule has 1 unspecified atom stereocenters. The molecular formula is C20H34N4O. The second-order valence-electron chi connectivity index (χ2n) is 6.56. The van der Waals surface area contributed by atoms with Crippen LogP contribution in [-0.2, 0) is 11.2 Å². The third-order valence-electron chi connectivity index (χ3n) is 3.96. The third kappa shape index (κ3) is 9.13. The van der Waals surface area contributed by atoms with E-state index >= 15 is 0 Å². The minimum Gasteiger partial charge on any atom is -0.357 e. The number of carbonyl (C=O) groups excluding carboxylic acids is 1. The highest BCUT2D eigenvalue weighted by Gasteiger charge is 2.05. The Balaban J connectivity index is 2.43. The summed E-state index contributed by atoms with van der Waals surface area (Å²) in [6.07, 6.45) is 2.30. The summed E-state index contributed by atoms with van der Waals surface area (Å²) in [7, 11) is 0. The van der Waals surface area contributed by atoms with Crippen LogP contribution in [0.1, 0.15) is 50.3 Å². The predicted octanol–water partition coefficient (Wildman–Crippen LogP) is 2.71. The first kappa shape index (κ1) is 21.0. The van der Waals surface area contributed by atoms with Gasteiger partial charge in [-0.2, -0.15) is 0 Å². The molecule has 0 aliphatic heterocycles. The average molecular weight is 347 g/mol. The van der Waals surface area contributed by atoms with Crippen molar-refractivity contribution in [1.82, 2.24) is 16.0 Å². The van der Waals surface area contributed by atoms with Crippen LogP contribution in [0.25, 0.3) is 0 Å². The monoisotopic (exact) mass is 346 g/mol. The zero-order valence-corrected chi connectivity index (χ0v) is 16.4. The van der Waals surface area contributed by atoms with Crippen LogP contribution in [-0.4, -0.2) is 37.5 Å². The molecule has 1 aromatic rings. The van der Waals surface area contributed by atoms with Crippen LogP contribution in [0.15, 0.2) is 23.2 Å². The van der Waals surface area contributed by atoms with Crippen molar-refractivity contribution in [2.45, 2.75) is 59.9 Å². The number of nitrogens with one attached hydrogen (secondary N) is 3. The Morgan fingerprint density at radius 2 is 1.80 bits per heavy atom. The highest BCUT2D eigenvalue weighted by atomic mass is 16.1. The van der Waals surface area contributed by atoms with Gasteiger partial charge < -0.3 is 16.0 Å². The summed E-state index contributed by atoms with van der Waals surface area (Å²) in [6.45, 7) is 12.5. The number of hydrogen-bond acceptors (Lipinski definition) is 2. The maximum Gasteiger partial charge on any atom is 0.222 e. The largest absolute Gasteiger partial charge is 0.357 e. The molecule has 0 fully saturated rings. The summed E-state index contributed by atoms with van der Waals surface area (Å²) in [4.78, 5) is 16.3. The first-order chi connectivity index (χ1) is 11.9. The second-order valence-corrected chi connectivity index (χ2v) is 6.56. The van der Waals surface area contributed by atoms with Gasteiger partial charge in [0.15, 0.2) is 5.96 Å². The van der Waals surface area contributed by atoms with Gasteiger partial charge in [-0.25, -0.2) is 0 Å². The third-order valence-corrected chi connectivity index (χ3v) is 3.96. The van der Waals surface area contributed by atoms with E-state index in [-0.39, 0.29) is 11.9 Å². The van der Waals surface area contributed by atoms with Crippen LogP contribution < -0.4 is 16.0 Å². The lowest BCUT2D eigenvalue weighted by Gasteiger charge is -2.13. The van der Waals surface area contributed by atoms with Crippen LogP contribution in [0, 0.1) is 13.8 Å². The molecule has 0 aliphatic carbocycles. The number of aliphatic imine (C=N–C) groups is 1. The molecule has 1 rings (SSSR count). The molecule has 1 amide bonds. The van der Waals surface area contributed by atoms with Crippen LogP contribution in [0.4, 0.5) is 0 Å². The van der Waals surface area contributed by atoms with Gasteiger partial charge in [-0.1, -0.05) is 36.2 Å². The van der Waals surface area contributed by atoms with Crippen molar-refractivity contribution >= 4 is 11.9 Å². The first-order valence-corrected chi connectivity index (χ1v) is 9.33. The topological polar surface area (TPSA) is 65.5 Å². The maximum atomic E-state index is 11.8. The Labute approximate surface area is 152 Å². The fourth-order valence-electron chi connectivity index (χ4n) is 2.60. The fourth-order valence-corrected chi connectivity index (χ4v) is 2.60. The van der Waals surface area contributed by atoms with Crippen LogP contribution in [0.5, 0.6) is 0 Å². The number of carbonyl (C=O) groups is 1. The lowest BCUT2D eigenvalue weighted by molar-refractivity contribution is -0.121. The molecule has 1 aromatic carbocycles. The van der Waals surface area contributed by atoms with Gasteiger partial charge in [-0.3, -0.25) is 9.79 Å². The summed E-state index contributed by atoms with van der Waals surface area (Å²) in [5.74, 6) is 0.826. The highest BCUT2D eigenvalue weighted by Crippen LogP contribution is 2.08. The molecule has 5 nitrogen and oxygen atoms in total. The van der Waals surface area contributed by atoms with E-state index in [4.69, 9.17) is 0 Å². The van der Waals surface area contributed by atoms with Crippen molar-refractivity contribution in [3.05, 3.63) is 34.9 Å². The fraction of sp³-hybridized carbons (Fsp3) is 0.600. The number of guanidine groups is 1. The SMILES string of the molecule is CCNC(=NCCC(=O)NC(C)CC)NCCc1cc(C)cc(C)c1. The van der Waals surface area contributed by atoms with E-state index in [1.54, 1.807) is 0 Å². The van der Waals surface area contributed by atoms with E-state index in [9.17, 15) is 4.79 Å². The summed E-state index contributed by atoms with van der Waals surface area (Å²) in [6, 6.07) is 6.85. The van der Waals surface area contributed by atoms with Crippen molar-refractivity contribution in [2.24, 2.45) is 4.99 Å². The van der Waals surface area contributed by atoms with E-state index < -0.39 is 0 Å². The molecule has 0 heterocycles. The van der Waals surface area contributed by atoms with Gasteiger partial charge in [0, 0.05) is 25.6 Å². The number of nitrogens with zero attached hydrogens (tertiary/aromatic N) is 1. The van der Waals surface area contributed by atoms with E-state index in [1.807, 2.05) is 13.8 Å². The van der Waals surface area contributed by atoms with E-state index in [1.165, 1.54) is 16.7 Å². The molecule has 0 aromatic heterocycles. The van der Waals surface area contributed by atoms with Gasteiger partial charge in [0.2, 0.25) is 5.91 Å². The molecule has 0 spiro atoms. The van der Waals surface area contributed by atoms with E-state index in [0.29, 0.717) is 13.0 Å². The zero-order chi connectivity index (χ0) is 18.7. The lowest BCUT2D eigenvalue weighted by atomic mass is 10.1. The molecule has 0 aliphatic rings. The molecule has 3 N–H and O–H groups in total. The Bertz CT molecular complexity index is 549. The number of aryl methyl sites for hydroxylation is 2. The lowest BCUT2D eigenvalue weighted by Crippen LogP contribution is -2.38. The van der Waals surface area contributed by atoms with Gasteiger partial charge in [0.1, 0.15) is 0 Å². The maximum absolute atomic E-state index is 11.8. The molecule has 25 heavy (non-hydrogen) atoms. The molecule has 140 valence electrons. The minimum absolute atomic E-state index is 0.0594. The van der Waals surface area contributed by atoms with Crippen LogP contribution in [0.2, 0.25) is 0 Å². The first-order valence-electron chi connectivity index (χ1n) is 9.33. The Morgan fingerprint density at radius 3 is 2.40 bits per heavy atom. The minimum atomic E-state index is 0.0594. The smallest absolute Gasteiger partial charge is 0.222 e. The zero-order valence-electron chi connectivity index (χ0n) is 16.4. The number of hydrogen-bond donors (Lipinski definition) is 3. The molecule has 0 bridgehead atoms. The van der Waals surface area contributed by atoms with Gasteiger partial charge >= 0.3 is 0 Å². The second kappa shape index (κ2) is 11.5. The molecule has 0 saturated carbocycles. The van der Waals surface area contributed by atoms with Crippen molar-refractivity contribution in [1.29, 1.82) is 0 Å². The summed E-state index contributed by atoms with van der Waals surface area (Å²) >= 11 is 0. The predicted molar refractivity (Wildman–Crippen MR) is 106 cm³/mol. The summed E-state index contributed by atoms with van der Waals surface area (Å²) in [5, 5.41) is 9.53. The summed E-state index contributed by atoms with van der Waals surface area (Å²) < 4.78 is 0. The van der Waals surface area contributed by atoms with E-state index in [0.717, 1.165) is 31.9 Å². The van der Waals surface area contributed by atoms with Gasteiger partial charge in [0.25, 0.3) is 0 Å². The number of rotatable bonds is 9. The van der Waals surface area contributed by atoms with Crippen LogP contribution >= 0.6 is 0 Å². The Hall–Kier alpha value is -2.04. The molecule has 1 atom stereocenters. The highest BCUT2D eigenvalue weighted by molar-refractivity contribution is 5.80. The van der Waals surface area contributed by atoms with Gasteiger partial charge in [-0.05, 0) is 46.1 Å². The molecule has 0 radical (unpaired) electrons. The van der Waals surface area contributed by atoms with Crippen molar-refractivity contribution in [3.8, 4) is 0 Å². The molecule has 5 heteroatoms. The van der Waals surface area contributed by atoms with Gasteiger partial charge in [-0.15, -0.1) is 0 Å².